The molecule has 2 heterocycles. The molecular weight excluding hydrogens is 192 g/mol. The molecule has 2 rings (SSSR count). The van der Waals surface area contributed by atoms with E-state index in [9.17, 15) is 10.0 Å². The molecule has 4 nitrogen and oxygen atoms in total. The summed E-state index contributed by atoms with van der Waals surface area (Å²) in [5, 5.41) is 11.5. The second kappa shape index (κ2) is 3.90. The van der Waals surface area contributed by atoms with Gasteiger partial charge in [0, 0.05) is 12.6 Å². The lowest BCUT2D eigenvalue weighted by Crippen LogP contribution is -2.20. The Morgan fingerprint density at radius 2 is 2.33 bits per heavy atom. The van der Waals surface area contributed by atoms with Crippen molar-refractivity contribution in [1.29, 1.82) is 0 Å². The molecule has 0 aliphatic carbocycles. The van der Waals surface area contributed by atoms with Crippen LogP contribution in [0.2, 0.25) is 0 Å². The summed E-state index contributed by atoms with van der Waals surface area (Å²) < 4.78 is 0.645. The summed E-state index contributed by atoms with van der Waals surface area (Å²) in [6.07, 6.45) is 5.01. The number of hydrogen-bond acceptors (Lipinski definition) is 3. The second-order valence-corrected chi connectivity index (χ2v) is 3.06. The smallest absolute Gasteiger partial charge is 0.256 e. The molecule has 15 heavy (non-hydrogen) atoms. The first-order valence-electron chi connectivity index (χ1n) is 4.48. The van der Waals surface area contributed by atoms with Gasteiger partial charge in [-0.05, 0) is 18.2 Å². The largest absolute Gasteiger partial charge is 0.618 e. The maximum atomic E-state index is 11.5. The van der Waals surface area contributed by atoms with Gasteiger partial charge in [0.2, 0.25) is 0 Å². The zero-order valence-corrected chi connectivity index (χ0v) is 7.88. The van der Waals surface area contributed by atoms with Crippen molar-refractivity contribution in [3.05, 3.63) is 53.1 Å². The van der Waals surface area contributed by atoms with Crippen LogP contribution in [0.3, 0.4) is 0 Å². The Morgan fingerprint density at radius 3 is 3.00 bits per heavy atom. The van der Waals surface area contributed by atoms with E-state index in [1.54, 1.807) is 36.4 Å². The quantitative estimate of drug-likeness (QED) is 0.387. The van der Waals surface area contributed by atoms with Gasteiger partial charge in [0.25, 0.3) is 5.71 Å². The fourth-order valence-electron chi connectivity index (χ4n) is 1.43. The van der Waals surface area contributed by atoms with E-state index in [1.165, 1.54) is 6.20 Å². The van der Waals surface area contributed by atoms with E-state index in [2.05, 4.69) is 4.98 Å². The molecule has 0 saturated carbocycles. The topological polar surface area (TPSA) is 56.0 Å². The summed E-state index contributed by atoms with van der Waals surface area (Å²) in [4.78, 5) is 14.7. The minimum absolute atomic E-state index is 0.285. The zero-order chi connectivity index (χ0) is 10.7. The molecule has 0 saturated heterocycles. The van der Waals surface area contributed by atoms with Crippen molar-refractivity contribution in [3.63, 3.8) is 0 Å². The molecule has 0 atom stereocenters. The first kappa shape index (κ1) is 9.37. The second-order valence-electron chi connectivity index (χ2n) is 3.06. The van der Waals surface area contributed by atoms with Gasteiger partial charge in [-0.15, -0.1) is 0 Å². The van der Waals surface area contributed by atoms with Gasteiger partial charge in [-0.2, -0.15) is 4.74 Å². The lowest BCUT2D eigenvalue weighted by atomic mass is 10.0. The first-order chi connectivity index (χ1) is 7.33. The summed E-state index contributed by atoms with van der Waals surface area (Å²) in [5.41, 5.74) is 1.12. The van der Waals surface area contributed by atoms with Crippen LogP contribution in [-0.4, -0.2) is 21.4 Å². The van der Waals surface area contributed by atoms with Crippen LogP contribution in [0.15, 0.2) is 42.2 Å². The summed E-state index contributed by atoms with van der Waals surface area (Å²) >= 11 is 0. The Kier molecular flexibility index (Phi) is 2.44. The van der Waals surface area contributed by atoms with Gasteiger partial charge in [-0.1, -0.05) is 6.07 Å². The highest BCUT2D eigenvalue weighted by atomic mass is 16.5. The first-order valence-corrected chi connectivity index (χ1v) is 4.48. The molecular formula is C11H8N2O2. The molecule has 0 bridgehead atoms. The molecule has 0 unspecified atom stereocenters. The van der Waals surface area contributed by atoms with E-state index in [0.717, 1.165) is 0 Å². The molecule has 74 valence electrons. The van der Waals surface area contributed by atoms with Crippen molar-refractivity contribution in [2.45, 2.75) is 6.42 Å². The van der Waals surface area contributed by atoms with Gasteiger partial charge in [0.15, 0.2) is 6.20 Å². The molecule has 1 aromatic heterocycles. The van der Waals surface area contributed by atoms with Crippen molar-refractivity contribution in [2.75, 3.05) is 0 Å². The fourth-order valence-corrected chi connectivity index (χ4v) is 1.43. The van der Waals surface area contributed by atoms with Crippen molar-refractivity contribution >= 4 is 11.7 Å². The van der Waals surface area contributed by atoms with E-state index in [0.29, 0.717) is 22.4 Å². The van der Waals surface area contributed by atoms with E-state index < -0.39 is 0 Å². The number of allylic oxidation sites excluding steroid dienone is 2. The summed E-state index contributed by atoms with van der Waals surface area (Å²) in [5.74, 6) is 1.78. The van der Waals surface area contributed by atoms with Crippen molar-refractivity contribution < 1.29 is 9.53 Å². The number of carbonyl (C=O) groups excluding carboxylic acids is 1. The van der Waals surface area contributed by atoms with Crippen molar-refractivity contribution in [2.24, 2.45) is 0 Å². The molecule has 4 heteroatoms. The number of nitrogens with zero attached hydrogens (tertiary/aromatic N) is 2. The van der Waals surface area contributed by atoms with Gasteiger partial charge in [-0.25, -0.2) is 9.78 Å². The van der Waals surface area contributed by atoms with Gasteiger partial charge in [0.05, 0.1) is 0 Å². The molecule has 0 aromatic carbocycles. The highest BCUT2D eigenvalue weighted by Crippen LogP contribution is 2.12. The lowest BCUT2D eigenvalue weighted by Gasteiger charge is -2.10. The van der Waals surface area contributed by atoms with E-state index >= 15 is 0 Å². The SMILES string of the molecule is O=C=C1CC=C[N+]([O-])=C1c1ccccn1. The Bertz CT molecular complexity index is 483. The highest BCUT2D eigenvalue weighted by Gasteiger charge is 2.22. The normalized spacial score (nSPS) is 15.3. The van der Waals surface area contributed by atoms with Crippen molar-refractivity contribution in [3.8, 4) is 0 Å². The Labute approximate surface area is 86.5 Å². The third-order valence-corrected chi connectivity index (χ3v) is 2.10. The monoisotopic (exact) mass is 200 g/mol. The molecule has 1 aliphatic rings. The average molecular weight is 200 g/mol. The number of hydrogen-bond donors (Lipinski definition) is 0. The minimum atomic E-state index is 0.285. The number of hydroxylamine groups is 1. The maximum absolute atomic E-state index is 11.5. The third kappa shape index (κ3) is 1.71. The Morgan fingerprint density at radius 1 is 1.47 bits per heavy atom. The van der Waals surface area contributed by atoms with Crippen LogP contribution < -0.4 is 0 Å². The number of rotatable bonds is 1. The fraction of sp³-hybridized carbons (Fsp3) is 0.0909. The van der Waals surface area contributed by atoms with Gasteiger partial charge in [0.1, 0.15) is 17.2 Å². The average Bonchev–Trinajstić information content (AvgIpc) is 2.29. The van der Waals surface area contributed by atoms with Crippen LogP contribution in [0.25, 0.3) is 0 Å². The minimum Gasteiger partial charge on any atom is -0.618 e. The molecule has 0 N–H and O–H groups in total. The Balaban J connectivity index is 2.59. The Hall–Kier alpha value is -2.19. The van der Waals surface area contributed by atoms with Crippen LogP contribution in [0.1, 0.15) is 12.1 Å². The van der Waals surface area contributed by atoms with E-state index in [4.69, 9.17) is 0 Å². The molecule has 1 aliphatic heterocycles. The highest BCUT2D eigenvalue weighted by molar-refractivity contribution is 6.13. The predicted molar refractivity (Wildman–Crippen MR) is 54.9 cm³/mol. The third-order valence-electron chi connectivity index (χ3n) is 2.10. The summed E-state index contributed by atoms with van der Waals surface area (Å²) in [6, 6.07) is 5.21. The van der Waals surface area contributed by atoms with E-state index in [1.807, 2.05) is 0 Å². The summed E-state index contributed by atoms with van der Waals surface area (Å²) in [6.45, 7) is 0. The van der Waals surface area contributed by atoms with Crippen LogP contribution in [0.5, 0.6) is 0 Å². The van der Waals surface area contributed by atoms with Crippen LogP contribution in [0.4, 0.5) is 0 Å². The predicted octanol–water partition coefficient (Wildman–Crippen LogP) is 1.06. The number of aromatic nitrogens is 1. The van der Waals surface area contributed by atoms with Crippen LogP contribution in [0, 0.1) is 5.21 Å². The van der Waals surface area contributed by atoms with Crippen LogP contribution >= 0.6 is 0 Å². The lowest BCUT2D eigenvalue weighted by molar-refractivity contribution is -0.379. The van der Waals surface area contributed by atoms with Crippen LogP contribution in [-0.2, 0) is 4.79 Å². The molecule has 0 spiro atoms. The standard InChI is InChI=1S/C11H8N2O2/c14-8-9-4-3-7-13(15)11(9)10-5-1-2-6-12-10/h1-3,5-7H,4H2. The maximum Gasteiger partial charge on any atom is 0.256 e. The number of pyridine rings is 1. The van der Waals surface area contributed by atoms with Gasteiger partial charge >= 0.3 is 0 Å². The molecule has 0 radical (unpaired) electrons. The molecule has 0 amide bonds. The van der Waals surface area contributed by atoms with E-state index in [-0.39, 0.29) is 5.71 Å². The van der Waals surface area contributed by atoms with Gasteiger partial charge < -0.3 is 5.21 Å². The zero-order valence-electron chi connectivity index (χ0n) is 7.88. The summed E-state index contributed by atoms with van der Waals surface area (Å²) in [7, 11) is 0. The van der Waals surface area contributed by atoms with Gasteiger partial charge in [-0.3, -0.25) is 0 Å². The molecule has 0 fully saturated rings. The van der Waals surface area contributed by atoms with Crippen molar-refractivity contribution in [1.82, 2.24) is 4.98 Å². The molecule has 1 aromatic rings.